The second kappa shape index (κ2) is 7.89. The highest BCUT2D eigenvalue weighted by Gasteiger charge is 2.39. The van der Waals surface area contributed by atoms with E-state index in [0.717, 1.165) is 50.3 Å². The lowest BCUT2D eigenvalue weighted by atomic mass is 9.77. The van der Waals surface area contributed by atoms with Crippen molar-refractivity contribution in [1.29, 1.82) is 0 Å². The Morgan fingerprint density at radius 2 is 1.86 bits per heavy atom. The maximum absolute atomic E-state index is 6.31. The number of aromatic nitrogens is 3. The van der Waals surface area contributed by atoms with E-state index in [1.165, 1.54) is 38.0 Å². The lowest BCUT2D eigenvalue weighted by Crippen LogP contribution is -2.41. The van der Waals surface area contributed by atoms with E-state index in [4.69, 9.17) is 16.3 Å². The van der Waals surface area contributed by atoms with Gasteiger partial charge in [-0.1, -0.05) is 11.6 Å². The highest BCUT2D eigenvalue weighted by Crippen LogP contribution is 2.42. The second-order valence-corrected chi connectivity index (χ2v) is 9.44. The summed E-state index contributed by atoms with van der Waals surface area (Å²) < 4.78 is 7.60. The van der Waals surface area contributed by atoms with Crippen molar-refractivity contribution in [3.8, 4) is 11.1 Å². The van der Waals surface area contributed by atoms with Crippen molar-refractivity contribution in [3.05, 3.63) is 29.8 Å². The first-order valence-electron chi connectivity index (χ1n) is 10.8. The first kappa shape index (κ1) is 19.3. The molecule has 3 saturated heterocycles. The number of nitrogens with zero attached hydrogens (tertiary/aromatic N) is 5. The maximum atomic E-state index is 6.31. The molecule has 0 saturated carbocycles. The summed E-state index contributed by atoms with van der Waals surface area (Å²) in [5.41, 5.74) is 3.96. The minimum atomic E-state index is 0.426. The van der Waals surface area contributed by atoms with Crippen molar-refractivity contribution < 1.29 is 4.74 Å². The van der Waals surface area contributed by atoms with E-state index >= 15 is 0 Å². The maximum Gasteiger partial charge on any atom is 0.131 e. The molecule has 0 radical (unpaired) electrons. The van der Waals surface area contributed by atoms with Crippen LogP contribution in [0.4, 0.5) is 5.69 Å². The minimum absolute atomic E-state index is 0.426. The van der Waals surface area contributed by atoms with Crippen LogP contribution in [0.15, 0.2) is 24.7 Å². The fraction of sp³-hybridized carbons (Fsp3) is 0.636. The SMILES string of the molecule is CN1CCC2(CCN(c3cc(Cl)ncc3-c3cnn(C4CCOCC4)c3)CC2)C1. The Labute approximate surface area is 177 Å². The standard InChI is InChI=1S/C22H30ClN5O/c1-26-7-4-22(16-26)5-8-27(9-6-22)20-12-21(23)24-14-19(20)17-13-25-28(15-17)18-2-10-29-11-3-18/h12-15,18H,2-11,16H2,1H3. The van der Waals surface area contributed by atoms with Gasteiger partial charge in [-0.25, -0.2) is 4.98 Å². The number of halogens is 1. The Bertz CT molecular complexity index is 855. The molecule has 29 heavy (non-hydrogen) atoms. The summed E-state index contributed by atoms with van der Waals surface area (Å²) in [5.74, 6) is 0. The van der Waals surface area contributed by atoms with Crippen LogP contribution >= 0.6 is 11.6 Å². The number of ether oxygens (including phenoxy) is 1. The molecule has 0 amide bonds. The van der Waals surface area contributed by atoms with E-state index in [0.29, 0.717) is 16.6 Å². The van der Waals surface area contributed by atoms with Crippen LogP contribution in [0.3, 0.4) is 0 Å². The third-order valence-corrected chi connectivity index (χ3v) is 7.33. The van der Waals surface area contributed by atoms with Crippen LogP contribution in [0.25, 0.3) is 11.1 Å². The van der Waals surface area contributed by atoms with Gasteiger partial charge in [0.2, 0.25) is 0 Å². The van der Waals surface area contributed by atoms with E-state index in [1.54, 1.807) is 0 Å². The monoisotopic (exact) mass is 415 g/mol. The lowest BCUT2D eigenvalue weighted by molar-refractivity contribution is 0.0662. The molecule has 3 fully saturated rings. The molecule has 1 spiro atoms. The third kappa shape index (κ3) is 3.90. The summed E-state index contributed by atoms with van der Waals surface area (Å²) >= 11 is 6.31. The molecule has 0 aromatic carbocycles. The number of hydrogen-bond donors (Lipinski definition) is 0. The van der Waals surface area contributed by atoms with Gasteiger partial charge in [-0.15, -0.1) is 0 Å². The Balaban J connectivity index is 1.38. The minimum Gasteiger partial charge on any atom is -0.381 e. The van der Waals surface area contributed by atoms with Gasteiger partial charge >= 0.3 is 0 Å². The summed E-state index contributed by atoms with van der Waals surface area (Å²) in [6.07, 6.45) is 11.9. The molecule has 156 valence electrons. The van der Waals surface area contributed by atoms with Crippen LogP contribution in [0.5, 0.6) is 0 Å². The predicted octanol–water partition coefficient (Wildman–Crippen LogP) is 3.87. The smallest absolute Gasteiger partial charge is 0.131 e. The van der Waals surface area contributed by atoms with Crippen LogP contribution in [-0.4, -0.2) is 66.1 Å². The van der Waals surface area contributed by atoms with E-state index in [1.807, 2.05) is 18.5 Å². The molecular formula is C22H30ClN5O. The molecule has 6 nitrogen and oxygen atoms in total. The number of anilines is 1. The summed E-state index contributed by atoms with van der Waals surface area (Å²) in [6.45, 7) is 6.27. The van der Waals surface area contributed by atoms with Crippen molar-refractivity contribution in [2.24, 2.45) is 5.41 Å². The van der Waals surface area contributed by atoms with Crippen molar-refractivity contribution in [2.75, 3.05) is 51.3 Å². The fourth-order valence-corrected chi connectivity index (χ4v) is 5.47. The van der Waals surface area contributed by atoms with Crippen LogP contribution in [0.2, 0.25) is 5.15 Å². The van der Waals surface area contributed by atoms with Crippen LogP contribution in [0, 0.1) is 5.41 Å². The third-order valence-electron chi connectivity index (χ3n) is 7.12. The van der Waals surface area contributed by atoms with Crippen LogP contribution < -0.4 is 4.90 Å². The molecular weight excluding hydrogens is 386 g/mol. The largest absolute Gasteiger partial charge is 0.381 e. The summed E-state index contributed by atoms with van der Waals surface area (Å²) in [4.78, 5) is 9.37. The fourth-order valence-electron chi connectivity index (χ4n) is 5.32. The van der Waals surface area contributed by atoms with E-state index in [9.17, 15) is 0 Å². The topological polar surface area (TPSA) is 46.4 Å². The first-order chi connectivity index (χ1) is 14.1. The average molecular weight is 416 g/mol. The number of pyridine rings is 1. The molecule has 3 aliphatic rings. The lowest BCUT2D eigenvalue weighted by Gasteiger charge is -2.41. The van der Waals surface area contributed by atoms with E-state index in [2.05, 4.69) is 37.8 Å². The number of hydrogen-bond acceptors (Lipinski definition) is 5. The summed E-state index contributed by atoms with van der Waals surface area (Å²) in [6, 6.07) is 2.46. The van der Waals surface area contributed by atoms with Crippen LogP contribution in [-0.2, 0) is 4.74 Å². The summed E-state index contributed by atoms with van der Waals surface area (Å²) in [5, 5.41) is 5.22. The van der Waals surface area contributed by atoms with Crippen molar-refractivity contribution in [2.45, 2.75) is 38.1 Å². The molecule has 0 bridgehead atoms. The summed E-state index contributed by atoms with van der Waals surface area (Å²) in [7, 11) is 2.25. The quantitative estimate of drug-likeness (QED) is 0.712. The molecule has 0 N–H and O–H groups in total. The molecule has 2 aromatic rings. The first-order valence-corrected chi connectivity index (χ1v) is 11.2. The molecule has 5 rings (SSSR count). The van der Waals surface area contributed by atoms with Gasteiger partial charge in [-0.2, -0.15) is 5.10 Å². The van der Waals surface area contributed by atoms with Gasteiger partial charge in [-0.05, 0) is 57.2 Å². The molecule has 0 unspecified atom stereocenters. The Morgan fingerprint density at radius 1 is 1.10 bits per heavy atom. The van der Waals surface area contributed by atoms with E-state index < -0.39 is 0 Å². The molecule has 0 atom stereocenters. The second-order valence-electron chi connectivity index (χ2n) is 9.05. The van der Waals surface area contributed by atoms with Gasteiger partial charge in [0.05, 0.1) is 12.2 Å². The van der Waals surface area contributed by atoms with Gasteiger partial charge in [-0.3, -0.25) is 4.68 Å². The molecule has 0 aliphatic carbocycles. The normalized spacial score (nSPS) is 23.2. The number of likely N-dealkylation sites (tertiary alicyclic amines) is 1. The van der Waals surface area contributed by atoms with Crippen LogP contribution in [0.1, 0.15) is 38.1 Å². The van der Waals surface area contributed by atoms with Crippen molar-refractivity contribution in [1.82, 2.24) is 19.7 Å². The zero-order chi connectivity index (χ0) is 19.8. The zero-order valence-electron chi connectivity index (χ0n) is 17.2. The Morgan fingerprint density at radius 3 is 2.59 bits per heavy atom. The van der Waals surface area contributed by atoms with Gasteiger partial charge in [0.15, 0.2) is 0 Å². The predicted molar refractivity (Wildman–Crippen MR) is 116 cm³/mol. The van der Waals surface area contributed by atoms with E-state index in [-0.39, 0.29) is 0 Å². The van der Waals surface area contributed by atoms with Gasteiger partial charge in [0, 0.05) is 62.1 Å². The highest BCUT2D eigenvalue weighted by atomic mass is 35.5. The molecule has 2 aromatic heterocycles. The molecule has 7 heteroatoms. The molecule has 3 aliphatic heterocycles. The highest BCUT2D eigenvalue weighted by molar-refractivity contribution is 6.29. The van der Waals surface area contributed by atoms with Crippen molar-refractivity contribution in [3.63, 3.8) is 0 Å². The molecule has 5 heterocycles. The van der Waals surface area contributed by atoms with Gasteiger partial charge < -0.3 is 14.5 Å². The zero-order valence-corrected chi connectivity index (χ0v) is 17.9. The van der Waals surface area contributed by atoms with Gasteiger partial charge in [0.25, 0.3) is 0 Å². The average Bonchev–Trinajstić information content (AvgIpc) is 3.37. The number of piperidine rings is 1. The van der Waals surface area contributed by atoms with Gasteiger partial charge in [0.1, 0.15) is 5.15 Å². The number of rotatable bonds is 3. The Hall–Kier alpha value is -1.63. The Kier molecular flexibility index (Phi) is 5.26. The van der Waals surface area contributed by atoms with Crippen molar-refractivity contribution >= 4 is 17.3 Å².